The van der Waals surface area contributed by atoms with Crippen LogP contribution in [0.25, 0.3) is 16.6 Å². The molecule has 0 aliphatic rings. The Hall–Kier alpha value is -2.93. The summed E-state index contributed by atoms with van der Waals surface area (Å²) in [7, 11) is 0. The number of amides is 1. The SMILES string of the molecule is Cc1cc2ccccc2n2c(SCC(=O)Nc3ccc(F)cc3)nnc12. The minimum absolute atomic E-state index is 0.181. The molecule has 26 heavy (non-hydrogen) atoms. The molecule has 0 spiro atoms. The summed E-state index contributed by atoms with van der Waals surface area (Å²) in [5, 5.41) is 13.0. The molecule has 2 heterocycles. The van der Waals surface area contributed by atoms with Crippen molar-refractivity contribution in [1.29, 1.82) is 0 Å². The van der Waals surface area contributed by atoms with Gasteiger partial charge in [-0.2, -0.15) is 0 Å². The number of anilines is 1. The molecule has 0 unspecified atom stereocenters. The number of fused-ring (bicyclic) bond motifs is 3. The number of carbonyl (C=O) groups excluding carboxylic acids is 1. The van der Waals surface area contributed by atoms with Gasteiger partial charge in [0.25, 0.3) is 0 Å². The van der Waals surface area contributed by atoms with Crippen molar-refractivity contribution in [2.24, 2.45) is 0 Å². The molecule has 5 nitrogen and oxygen atoms in total. The summed E-state index contributed by atoms with van der Waals surface area (Å²) in [6, 6.07) is 15.8. The summed E-state index contributed by atoms with van der Waals surface area (Å²) in [5.41, 5.74) is 3.37. The molecular weight excluding hydrogens is 351 g/mol. The highest BCUT2D eigenvalue weighted by Crippen LogP contribution is 2.25. The third-order valence-corrected chi connectivity index (χ3v) is 4.93. The molecule has 1 N–H and O–H groups in total. The minimum atomic E-state index is -0.338. The molecule has 4 aromatic rings. The van der Waals surface area contributed by atoms with E-state index in [9.17, 15) is 9.18 Å². The summed E-state index contributed by atoms with van der Waals surface area (Å²) >= 11 is 1.31. The Morgan fingerprint density at radius 1 is 1.15 bits per heavy atom. The molecule has 0 saturated carbocycles. The van der Waals surface area contributed by atoms with Crippen LogP contribution in [-0.4, -0.2) is 26.3 Å². The summed E-state index contributed by atoms with van der Waals surface area (Å²) < 4.78 is 14.9. The fraction of sp³-hybridized carbons (Fsp3) is 0.105. The lowest BCUT2D eigenvalue weighted by molar-refractivity contribution is -0.113. The molecule has 4 rings (SSSR count). The molecule has 130 valence electrons. The number of aromatic nitrogens is 3. The van der Waals surface area contributed by atoms with Crippen LogP contribution in [0.5, 0.6) is 0 Å². The second-order valence-electron chi connectivity index (χ2n) is 5.87. The summed E-state index contributed by atoms with van der Waals surface area (Å²) in [6.07, 6.45) is 0. The number of benzene rings is 2. The molecule has 0 saturated heterocycles. The van der Waals surface area contributed by atoms with E-state index in [1.54, 1.807) is 0 Å². The van der Waals surface area contributed by atoms with Gasteiger partial charge >= 0.3 is 0 Å². The van der Waals surface area contributed by atoms with Crippen LogP contribution in [0.2, 0.25) is 0 Å². The third-order valence-electron chi connectivity index (χ3n) is 4.00. The lowest BCUT2D eigenvalue weighted by atomic mass is 10.1. The number of para-hydroxylation sites is 1. The first-order valence-corrected chi connectivity index (χ1v) is 9.02. The molecule has 0 aliphatic carbocycles. The van der Waals surface area contributed by atoms with Crippen molar-refractivity contribution >= 4 is 39.9 Å². The van der Waals surface area contributed by atoms with E-state index in [1.807, 2.05) is 35.6 Å². The average Bonchev–Trinajstić information content (AvgIpc) is 3.07. The molecule has 0 fully saturated rings. The number of halogens is 1. The van der Waals surface area contributed by atoms with E-state index in [0.29, 0.717) is 10.8 Å². The van der Waals surface area contributed by atoms with E-state index in [4.69, 9.17) is 0 Å². The molecule has 2 aromatic heterocycles. The lowest BCUT2D eigenvalue weighted by Crippen LogP contribution is -2.14. The largest absolute Gasteiger partial charge is 0.325 e. The molecule has 0 aliphatic heterocycles. The first kappa shape index (κ1) is 16.5. The monoisotopic (exact) mass is 366 g/mol. The summed E-state index contributed by atoms with van der Waals surface area (Å²) in [6.45, 7) is 1.99. The van der Waals surface area contributed by atoms with E-state index in [-0.39, 0.29) is 17.5 Å². The van der Waals surface area contributed by atoms with Crippen LogP contribution in [0, 0.1) is 12.7 Å². The maximum Gasteiger partial charge on any atom is 0.234 e. The Kier molecular flexibility index (Phi) is 4.30. The van der Waals surface area contributed by atoms with Crippen LogP contribution in [0.4, 0.5) is 10.1 Å². The predicted octanol–water partition coefficient (Wildman–Crippen LogP) is 4.06. The quantitative estimate of drug-likeness (QED) is 0.553. The molecule has 0 bridgehead atoms. The van der Waals surface area contributed by atoms with E-state index in [2.05, 4.69) is 21.6 Å². The first-order valence-electron chi connectivity index (χ1n) is 8.03. The van der Waals surface area contributed by atoms with Crippen LogP contribution < -0.4 is 5.32 Å². The van der Waals surface area contributed by atoms with Gasteiger partial charge in [-0.1, -0.05) is 30.0 Å². The van der Waals surface area contributed by atoms with Gasteiger partial charge < -0.3 is 5.32 Å². The molecule has 0 atom stereocenters. The van der Waals surface area contributed by atoms with Gasteiger partial charge in [0, 0.05) is 5.69 Å². The zero-order chi connectivity index (χ0) is 18.1. The highest BCUT2D eigenvalue weighted by Gasteiger charge is 2.13. The van der Waals surface area contributed by atoms with Crippen molar-refractivity contribution in [1.82, 2.24) is 14.6 Å². The van der Waals surface area contributed by atoms with Crippen LogP contribution in [-0.2, 0) is 4.79 Å². The van der Waals surface area contributed by atoms with Crippen LogP contribution in [0.3, 0.4) is 0 Å². The van der Waals surface area contributed by atoms with Crippen LogP contribution in [0.1, 0.15) is 5.56 Å². The number of nitrogens with zero attached hydrogens (tertiary/aromatic N) is 3. The zero-order valence-corrected chi connectivity index (χ0v) is 14.8. The standard InChI is InChI=1S/C19H15FN4OS/c1-12-10-13-4-2-3-5-16(13)24-18(12)22-23-19(24)26-11-17(25)21-15-8-6-14(20)7-9-15/h2-10H,11H2,1H3,(H,21,25). The van der Waals surface area contributed by atoms with Gasteiger partial charge in [0.15, 0.2) is 10.8 Å². The Morgan fingerprint density at radius 2 is 1.92 bits per heavy atom. The zero-order valence-electron chi connectivity index (χ0n) is 13.9. The molecular formula is C19H15FN4OS. The first-order chi connectivity index (χ1) is 12.6. The van der Waals surface area contributed by atoms with E-state index < -0.39 is 0 Å². The van der Waals surface area contributed by atoms with Crippen molar-refractivity contribution < 1.29 is 9.18 Å². The third kappa shape index (κ3) is 3.13. The van der Waals surface area contributed by atoms with E-state index >= 15 is 0 Å². The molecule has 7 heteroatoms. The van der Waals surface area contributed by atoms with Crippen LogP contribution in [0.15, 0.2) is 59.8 Å². The van der Waals surface area contributed by atoms with Crippen molar-refractivity contribution in [2.75, 3.05) is 11.1 Å². The highest BCUT2D eigenvalue weighted by molar-refractivity contribution is 7.99. The Morgan fingerprint density at radius 3 is 2.73 bits per heavy atom. The Labute approximate surface area is 153 Å². The Balaban J connectivity index is 1.57. The lowest BCUT2D eigenvalue weighted by Gasteiger charge is -2.07. The fourth-order valence-corrected chi connectivity index (χ4v) is 3.55. The highest BCUT2D eigenvalue weighted by atomic mass is 32.2. The fourth-order valence-electron chi connectivity index (χ4n) is 2.81. The van der Waals surface area contributed by atoms with E-state index in [1.165, 1.54) is 36.0 Å². The number of thioether (sulfide) groups is 1. The molecule has 0 radical (unpaired) electrons. The van der Waals surface area contributed by atoms with Gasteiger partial charge in [0.2, 0.25) is 5.91 Å². The van der Waals surface area contributed by atoms with Crippen LogP contribution >= 0.6 is 11.8 Å². The molecule has 2 aromatic carbocycles. The maximum atomic E-state index is 12.9. The number of carbonyl (C=O) groups is 1. The number of rotatable bonds is 4. The number of hydrogen-bond donors (Lipinski definition) is 1. The van der Waals surface area contributed by atoms with Gasteiger partial charge in [-0.25, -0.2) is 4.39 Å². The molecule has 1 amide bonds. The van der Waals surface area contributed by atoms with Crippen molar-refractivity contribution in [3.05, 3.63) is 66.0 Å². The minimum Gasteiger partial charge on any atom is -0.325 e. The smallest absolute Gasteiger partial charge is 0.234 e. The second kappa shape index (κ2) is 6.76. The average molecular weight is 366 g/mol. The topological polar surface area (TPSA) is 59.3 Å². The van der Waals surface area contributed by atoms with Crippen molar-refractivity contribution in [3.8, 4) is 0 Å². The number of nitrogens with one attached hydrogen (secondary N) is 1. The van der Waals surface area contributed by atoms with Crippen molar-refractivity contribution in [3.63, 3.8) is 0 Å². The second-order valence-corrected chi connectivity index (χ2v) is 6.81. The van der Waals surface area contributed by atoms with Gasteiger partial charge in [-0.05, 0) is 54.3 Å². The predicted molar refractivity (Wildman–Crippen MR) is 101 cm³/mol. The maximum absolute atomic E-state index is 12.9. The number of pyridine rings is 1. The van der Waals surface area contributed by atoms with E-state index in [0.717, 1.165) is 22.1 Å². The summed E-state index contributed by atoms with van der Waals surface area (Å²) in [5.74, 6) is -0.342. The normalized spacial score (nSPS) is 11.2. The number of hydrogen-bond acceptors (Lipinski definition) is 4. The van der Waals surface area contributed by atoms with Gasteiger partial charge in [-0.3, -0.25) is 9.20 Å². The van der Waals surface area contributed by atoms with Gasteiger partial charge in [-0.15, -0.1) is 10.2 Å². The number of aryl methyl sites for hydroxylation is 1. The Bertz CT molecular complexity index is 1110. The van der Waals surface area contributed by atoms with Gasteiger partial charge in [0.1, 0.15) is 5.82 Å². The summed E-state index contributed by atoms with van der Waals surface area (Å²) in [4.78, 5) is 12.2. The van der Waals surface area contributed by atoms with Crippen molar-refractivity contribution in [2.45, 2.75) is 12.1 Å². The van der Waals surface area contributed by atoms with Gasteiger partial charge in [0.05, 0.1) is 11.3 Å².